The molecule has 0 bridgehead atoms. The first kappa shape index (κ1) is 15.1. The standard InChI is InChI=1S/C17H21N3O/c1-20(2)11-12-21-17-10-6-7-15(13-17)14-18-19-16-8-4-3-5-9-16/h3-10,13-14,19H,11-12H2,1-2H3. The molecule has 0 aliphatic carbocycles. The van der Waals surface area contributed by atoms with Gasteiger partial charge in [0.1, 0.15) is 12.4 Å². The molecule has 0 unspecified atom stereocenters. The summed E-state index contributed by atoms with van der Waals surface area (Å²) >= 11 is 0. The molecule has 110 valence electrons. The number of benzene rings is 2. The highest BCUT2D eigenvalue weighted by molar-refractivity contribution is 5.80. The average Bonchev–Trinajstić information content (AvgIpc) is 2.48. The fourth-order valence-corrected chi connectivity index (χ4v) is 1.72. The molecule has 0 radical (unpaired) electrons. The van der Waals surface area contributed by atoms with Crippen LogP contribution < -0.4 is 10.2 Å². The van der Waals surface area contributed by atoms with Gasteiger partial charge in [0.25, 0.3) is 0 Å². The van der Waals surface area contributed by atoms with E-state index >= 15 is 0 Å². The molecule has 4 heteroatoms. The predicted molar refractivity (Wildman–Crippen MR) is 88.1 cm³/mol. The number of nitrogens with zero attached hydrogens (tertiary/aromatic N) is 2. The summed E-state index contributed by atoms with van der Waals surface area (Å²) in [5.41, 5.74) is 4.96. The van der Waals surface area contributed by atoms with Gasteiger partial charge < -0.3 is 9.64 Å². The van der Waals surface area contributed by atoms with Crippen LogP contribution in [0.4, 0.5) is 5.69 Å². The Morgan fingerprint density at radius 2 is 1.90 bits per heavy atom. The number of likely N-dealkylation sites (N-methyl/N-ethyl adjacent to an activating group) is 1. The molecule has 21 heavy (non-hydrogen) atoms. The number of rotatable bonds is 7. The second-order valence-electron chi connectivity index (χ2n) is 4.96. The van der Waals surface area contributed by atoms with E-state index in [9.17, 15) is 0 Å². The van der Waals surface area contributed by atoms with Gasteiger partial charge in [0.15, 0.2) is 0 Å². The number of nitrogens with one attached hydrogen (secondary N) is 1. The second kappa shape index (κ2) is 8.07. The molecule has 0 saturated heterocycles. The van der Waals surface area contributed by atoms with Gasteiger partial charge in [0, 0.05) is 6.54 Å². The molecule has 2 rings (SSSR count). The van der Waals surface area contributed by atoms with Gasteiger partial charge >= 0.3 is 0 Å². The molecule has 0 heterocycles. The third kappa shape index (κ3) is 5.67. The summed E-state index contributed by atoms with van der Waals surface area (Å²) in [4.78, 5) is 2.09. The Bertz CT molecular complexity index is 567. The van der Waals surface area contributed by atoms with Crippen LogP contribution in [-0.2, 0) is 0 Å². The predicted octanol–water partition coefficient (Wildman–Crippen LogP) is 3.07. The zero-order chi connectivity index (χ0) is 14.9. The molecule has 2 aromatic rings. The van der Waals surface area contributed by atoms with Crippen LogP contribution in [0, 0.1) is 0 Å². The van der Waals surface area contributed by atoms with Gasteiger partial charge in [0.05, 0.1) is 11.9 Å². The molecule has 0 aliphatic rings. The third-order valence-corrected chi connectivity index (χ3v) is 2.85. The summed E-state index contributed by atoms with van der Waals surface area (Å²) < 4.78 is 5.70. The van der Waals surface area contributed by atoms with E-state index in [4.69, 9.17) is 4.74 Å². The van der Waals surface area contributed by atoms with Gasteiger partial charge in [-0.2, -0.15) is 5.10 Å². The average molecular weight is 283 g/mol. The molecule has 0 atom stereocenters. The number of anilines is 1. The van der Waals surface area contributed by atoms with Gasteiger partial charge in [-0.05, 0) is 43.9 Å². The zero-order valence-corrected chi connectivity index (χ0v) is 12.5. The zero-order valence-electron chi connectivity index (χ0n) is 12.5. The Kier molecular flexibility index (Phi) is 5.79. The van der Waals surface area contributed by atoms with Crippen molar-refractivity contribution in [3.8, 4) is 5.75 Å². The maximum Gasteiger partial charge on any atom is 0.120 e. The van der Waals surface area contributed by atoms with E-state index in [0.29, 0.717) is 6.61 Å². The quantitative estimate of drug-likeness (QED) is 0.627. The van der Waals surface area contributed by atoms with Crippen molar-refractivity contribution >= 4 is 11.9 Å². The maximum atomic E-state index is 5.70. The Balaban J connectivity index is 1.88. The lowest BCUT2D eigenvalue weighted by Crippen LogP contribution is -2.19. The lowest BCUT2D eigenvalue weighted by Gasteiger charge is -2.11. The lowest BCUT2D eigenvalue weighted by molar-refractivity contribution is 0.261. The number of hydrogen-bond acceptors (Lipinski definition) is 4. The first-order chi connectivity index (χ1) is 10.2. The fourth-order valence-electron chi connectivity index (χ4n) is 1.72. The Morgan fingerprint density at radius 1 is 1.10 bits per heavy atom. The van der Waals surface area contributed by atoms with Gasteiger partial charge in [-0.3, -0.25) is 5.43 Å². The topological polar surface area (TPSA) is 36.9 Å². The lowest BCUT2D eigenvalue weighted by atomic mass is 10.2. The summed E-state index contributed by atoms with van der Waals surface area (Å²) in [5, 5.41) is 4.22. The molecule has 0 saturated carbocycles. The molecular weight excluding hydrogens is 262 g/mol. The highest BCUT2D eigenvalue weighted by atomic mass is 16.5. The third-order valence-electron chi connectivity index (χ3n) is 2.85. The van der Waals surface area contributed by atoms with Crippen LogP contribution in [0.5, 0.6) is 5.75 Å². The molecule has 0 aliphatic heterocycles. The van der Waals surface area contributed by atoms with Gasteiger partial charge in [-0.1, -0.05) is 30.3 Å². The molecule has 1 N–H and O–H groups in total. The molecule has 2 aromatic carbocycles. The van der Waals surface area contributed by atoms with Crippen molar-refractivity contribution in [3.05, 3.63) is 60.2 Å². The normalized spacial score (nSPS) is 11.0. The van der Waals surface area contributed by atoms with E-state index in [-0.39, 0.29) is 0 Å². The van der Waals surface area contributed by atoms with E-state index in [1.807, 2.05) is 68.7 Å². The first-order valence-electron chi connectivity index (χ1n) is 6.96. The summed E-state index contributed by atoms with van der Waals surface area (Å²) in [6.07, 6.45) is 1.78. The molecule has 4 nitrogen and oxygen atoms in total. The van der Waals surface area contributed by atoms with Crippen molar-refractivity contribution in [2.45, 2.75) is 0 Å². The number of para-hydroxylation sites is 1. The van der Waals surface area contributed by atoms with Gasteiger partial charge in [-0.15, -0.1) is 0 Å². The monoisotopic (exact) mass is 283 g/mol. The van der Waals surface area contributed by atoms with Crippen molar-refractivity contribution in [1.29, 1.82) is 0 Å². The number of hydrazone groups is 1. The van der Waals surface area contributed by atoms with E-state index in [1.54, 1.807) is 6.21 Å². The summed E-state index contributed by atoms with van der Waals surface area (Å²) in [5.74, 6) is 0.862. The van der Waals surface area contributed by atoms with E-state index < -0.39 is 0 Å². The maximum absolute atomic E-state index is 5.70. The van der Waals surface area contributed by atoms with Gasteiger partial charge in [-0.25, -0.2) is 0 Å². The van der Waals surface area contributed by atoms with Crippen LogP contribution in [0.3, 0.4) is 0 Å². The van der Waals surface area contributed by atoms with Crippen molar-refractivity contribution in [2.75, 3.05) is 32.7 Å². The SMILES string of the molecule is CN(C)CCOc1cccc(C=NNc2ccccc2)c1. The van der Waals surface area contributed by atoms with Crippen LogP contribution in [0.15, 0.2) is 59.7 Å². The molecule has 0 fully saturated rings. The van der Waals surface area contributed by atoms with Crippen molar-refractivity contribution in [3.63, 3.8) is 0 Å². The van der Waals surface area contributed by atoms with Crippen LogP contribution >= 0.6 is 0 Å². The minimum Gasteiger partial charge on any atom is -0.492 e. The molecule has 0 aromatic heterocycles. The number of ether oxygens (including phenoxy) is 1. The van der Waals surface area contributed by atoms with E-state index in [2.05, 4.69) is 15.4 Å². The van der Waals surface area contributed by atoms with Gasteiger partial charge in [0.2, 0.25) is 0 Å². The molecule has 0 spiro atoms. The largest absolute Gasteiger partial charge is 0.492 e. The highest BCUT2D eigenvalue weighted by Gasteiger charge is 1.96. The smallest absolute Gasteiger partial charge is 0.120 e. The summed E-state index contributed by atoms with van der Waals surface area (Å²) in [6, 6.07) is 17.8. The molecular formula is C17H21N3O. The summed E-state index contributed by atoms with van der Waals surface area (Å²) in [6.45, 7) is 1.57. The van der Waals surface area contributed by atoms with Crippen LogP contribution in [0.2, 0.25) is 0 Å². The first-order valence-corrected chi connectivity index (χ1v) is 6.96. The van der Waals surface area contributed by atoms with E-state index in [1.165, 1.54) is 0 Å². The fraction of sp³-hybridized carbons (Fsp3) is 0.235. The summed E-state index contributed by atoms with van der Waals surface area (Å²) in [7, 11) is 4.06. The van der Waals surface area contributed by atoms with Crippen molar-refractivity contribution in [1.82, 2.24) is 4.90 Å². The number of hydrogen-bond donors (Lipinski definition) is 1. The highest BCUT2D eigenvalue weighted by Crippen LogP contribution is 2.12. The van der Waals surface area contributed by atoms with Crippen LogP contribution in [0.1, 0.15) is 5.56 Å². The van der Waals surface area contributed by atoms with Crippen molar-refractivity contribution in [2.24, 2.45) is 5.10 Å². The van der Waals surface area contributed by atoms with Crippen LogP contribution in [-0.4, -0.2) is 38.4 Å². The minimum absolute atomic E-state index is 0.676. The Morgan fingerprint density at radius 3 is 2.67 bits per heavy atom. The van der Waals surface area contributed by atoms with Crippen LogP contribution in [0.25, 0.3) is 0 Å². The molecule has 0 amide bonds. The Hall–Kier alpha value is -2.33. The van der Waals surface area contributed by atoms with Crippen molar-refractivity contribution < 1.29 is 4.74 Å². The van der Waals surface area contributed by atoms with E-state index in [0.717, 1.165) is 23.5 Å². The Labute approximate surface area is 126 Å². The minimum atomic E-state index is 0.676. The second-order valence-corrected chi connectivity index (χ2v) is 4.96.